The minimum atomic E-state index is -0.797. The summed E-state index contributed by atoms with van der Waals surface area (Å²) in [6.45, 7) is -0.973. The molecule has 4 atom stereocenters. The zero-order valence-corrected chi connectivity index (χ0v) is 14.0. The smallest absolute Gasteiger partial charge is 0.326 e. The fourth-order valence-electron chi connectivity index (χ4n) is 4.67. The predicted molar refractivity (Wildman–Crippen MR) is 86.2 cm³/mol. The molecule has 2 aliphatic carbocycles. The van der Waals surface area contributed by atoms with E-state index in [0.717, 1.165) is 36.3 Å². The van der Waals surface area contributed by atoms with Gasteiger partial charge in [0.15, 0.2) is 12.4 Å². The van der Waals surface area contributed by atoms with Crippen LogP contribution in [0.3, 0.4) is 0 Å². The lowest BCUT2D eigenvalue weighted by molar-refractivity contribution is -0.152. The van der Waals surface area contributed by atoms with E-state index in [-0.39, 0.29) is 41.0 Å². The monoisotopic (exact) mass is 359 g/mol. The van der Waals surface area contributed by atoms with Crippen LogP contribution in [0.25, 0.3) is 0 Å². The number of carbonyl (C=O) groups excluding carboxylic acids is 4. The summed E-state index contributed by atoms with van der Waals surface area (Å²) in [5.41, 5.74) is 0.221. The molecule has 3 aliphatic rings. The average Bonchev–Trinajstić information content (AvgIpc) is 3.30. The standard InChI is InChI=1S/C19H18FNO5/c20-13-5-3-10(4-6-13)14(22)9-26-15(23)8-21-18(24)16-11-1-2-12(7-11)17(16)19(21)25/h3-6,11-12,16-17H,1-2,7-9H2/t11-,12-,16-,17-/m0/s1. The van der Waals surface area contributed by atoms with Gasteiger partial charge in [-0.15, -0.1) is 0 Å². The van der Waals surface area contributed by atoms with Gasteiger partial charge in [-0.05, 0) is 55.4 Å². The number of hydrogen-bond donors (Lipinski definition) is 0. The second-order valence-electron chi connectivity index (χ2n) is 7.24. The molecule has 2 bridgehead atoms. The van der Waals surface area contributed by atoms with E-state index in [4.69, 9.17) is 4.74 Å². The fraction of sp³-hybridized carbons (Fsp3) is 0.474. The SMILES string of the molecule is O=C(CN1C(=O)[C@H]2[C@H]3CC[C@@H](C3)[C@@H]2C1=O)OCC(=O)c1ccc(F)cc1. The van der Waals surface area contributed by atoms with Gasteiger partial charge in [-0.1, -0.05) is 0 Å². The number of imide groups is 1. The van der Waals surface area contributed by atoms with E-state index in [0.29, 0.717) is 0 Å². The second-order valence-corrected chi connectivity index (χ2v) is 7.24. The molecule has 0 radical (unpaired) electrons. The number of likely N-dealkylation sites (tertiary alicyclic amines) is 1. The van der Waals surface area contributed by atoms with Crippen molar-refractivity contribution in [1.82, 2.24) is 4.90 Å². The van der Waals surface area contributed by atoms with Crippen molar-refractivity contribution in [2.45, 2.75) is 19.3 Å². The van der Waals surface area contributed by atoms with Crippen molar-refractivity contribution in [1.29, 1.82) is 0 Å². The lowest BCUT2D eigenvalue weighted by atomic mass is 9.81. The number of fused-ring (bicyclic) bond motifs is 5. The van der Waals surface area contributed by atoms with Gasteiger partial charge in [0.2, 0.25) is 11.8 Å². The summed E-state index contributed by atoms with van der Waals surface area (Å²) in [6, 6.07) is 4.89. The van der Waals surface area contributed by atoms with Gasteiger partial charge in [-0.3, -0.25) is 24.1 Å². The number of benzene rings is 1. The first-order valence-electron chi connectivity index (χ1n) is 8.75. The molecule has 0 aromatic heterocycles. The number of ether oxygens (including phenoxy) is 1. The van der Waals surface area contributed by atoms with Crippen molar-refractivity contribution in [3.63, 3.8) is 0 Å². The minimum Gasteiger partial charge on any atom is -0.456 e. The number of halogens is 1. The maximum Gasteiger partial charge on any atom is 0.326 e. The zero-order chi connectivity index (χ0) is 18.4. The molecule has 4 rings (SSSR count). The minimum absolute atomic E-state index is 0.221. The zero-order valence-electron chi connectivity index (χ0n) is 14.0. The highest BCUT2D eigenvalue weighted by Crippen LogP contribution is 2.56. The number of nitrogens with zero attached hydrogens (tertiary/aromatic N) is 1. The van der Waals surface area contributed by atoms with E-state index >= 15 is 0 Å². The first kappa shape index (κ1) is 16.9. The number of Topliss-reactive ketones (excluding diaryl/α,β-unsaturated/α-hetero) is 1. The molecule has 0 spiro atoms. The van der Waals surface area contributed by atoms with E-state index in [9.17, 15) is 23.6 Å². The first-order chi connectivity index (χ1) is 12.5. The Bertz CT molecular complexity index is 762. The number of carbonyl (C=O) groups is 4. The van der Waals surface area contributed by atoms with Crippen LogP contribution >= 0.6 is 0 Å². The summed E-state index contributed by atoms with van der Waals surface area (Å²) < 4.78 is 17.8. The summed E-state index contributed by atoms with van der Waals surface area (Å²) in [7, 11) is 0. The summed E-state index contributed by atoms with van der Waals surface area (Å²) in [5, 5.41) is 0. The van der Waals surface area contributed by atoms with E-state index in [1.807, 2.05) is 0 Å². The van der Waals surface area contributed by atoms with Crippen LogP contribution in [0.5, 0.6) is 0 Å². The number of hydrogen-bond acceptors (Lipinski definition) is 5. The molecule has 7 heteroatoms. The van der Waals surface area contributed by atoms with E-state index in [1.165, 1.54) is 12.1 Å². The summed E-state index contributed by atoms with van der Waals surface area (Å²) >= 11 is 0. The van der Waals surface area contributed by atoms with Gasteiger partial charge in [-0.2, -0.15) is 0 Å². The number of esters is 1. The molecule has 6 nitrogen and oxygen atoms in total. The van der Waals surface area contributed by atoms with Gasteiger partial charge in [0, 0.05) is 5.56 Å². The molecular weight excluding hydrogens is 341 g/mol. The van der Waals surface area contributed by atoms with Gasteiger partial charge in [0.25, 0.3) is 0 Å². The fourth-order valence-corrected chi connectivity index (χ4v) is 4.67. The van der Waals surface area contributed by atoms with Crippen LogP contribution in [0.1, 0.15) is 29.6 Å². The van der Waals surface area contributed by atoms with Gasteiger partial charge < -0.3 is 4.74 Å². The summed E-state index contributed by atoms with van der Waals surface area (Å²) in [5.74, 6) is -2.37. The molecule has 1 aromatic carbocycles. The van der Waals surface area contributed by atoms with Crippen LogP contribution in [0, 0.1) is 29.5 Å². The maximum atomic E-state index is 12.9. The highest BCUT2D eigenvalue weighted by atomic mass is 19.1. The maximum absolute atomic E-state index is 12.9. The Morgan fingerprint density at radius 2 is 1.62 bits per heavy atom. The lowest BCUT2D eigenvalue weighted by Gasteiger charge is -2.19. The van der Waals surface area contributed by atoms with Gasteiger partial charge in [0.1, 0.15) is 12.4 Å². The van der Waals surface area contributed by atoms with Crippen LogP contribution in [0.2, 0.25) is 0 Å². The Balaban J connectivity index is 1.34. The van der Waals surface area contributed by atoms with E-state index < -0.39 is 30.7 Å². The molecule has 2 saturated carbocycles. The average molecular weight is 359 g/mol. The van der Waals surface area contributed by atoms with E-state index in [2.05, 4.69) is 0 Å². The third kappa shape index (κ3) is 2.71. The van der Waals surface area contributed by atoms with Crippen molar-refractivity contribution in [3.8, 4) is 0 Å². The van der Waals surface area contributed by atoms with Crippen LogP contribution in [-0.2, 0) is 19.1 Å². The molecule has 1 aromatic rings. The van der Waals surface area contributed by atoms with Crippen molar-refractivity contribution in [3.05, 3.63) is 35.6 Å². The molecule has 2 amide bonds. The third-order valence-electron chi connectivity index (χ3n) is 5.84. The van der Waals surface area contributed by atoms with Crippen molar-refractivity contribution in [2.24, 2.45) is 23.7 Å². The molecule has 1 saturated heterocycles. The molecule has 0 N–H and O–H groups in total. The molecule has 3 fully saturated rings. The van der Waals surface area contributed by atoms with Crippen LogP contribution in [0.15, 0.2) is 24.3 Å². The quantitative estimate of drug-likeness (QED) is 0.453. The predicted octanol–water partition coefficient (Wildman–Crippen LogP) is 1.58. The highest BCUT2D eigenvalue weighted by molar-refractivity contribution is 6.08. The van der Waals surface area contributed by atoms with Gasteiger partial charge >= 0.3 is 5.97 Å². The van der Waals surface area contributed by atoms with Crippen LogP contribution < -0.4 is 0 Å². The van der Waals surface area contributed by atoms with Crippen LogP contribution in [0.4, 0.5) is 4.39 Å². The number of ketones is 1. The number of rotatable bonds is 5. The van der Waals surface area contributed by atoms with Crippen molar-refractivity contribution >= 4 is 23.6 Å². The molecule has 136 valence electrons. The molecule has 1 aliphatic heterocycles. The summed E-state index contributed by atoms with van der Waals surface area (Å²) in [6.07, 6.45) is 2.86. The Hall–Kier alpha value is -2.57. The summed E-state index contributed by atoms with van der Waals surface area (Å²) in [4.78, 5) is 49.9. The Labute approximate surface area is 149 Å². The second kappa shape index (κ2) is 6.30. The normalized spacial score (nSPS) is 29.2. The largest absolute Gasteiger partial charge is 0.456 e. The first-order valence-corrected chi connectivity index (χ1v) is 8.75. The van der Waals surface area contributed by atoms with E-state index in [1.54, 1.807) is 0 Å². The van der Waals surface area contributed by atoms with Crippen molar-refractivity contribution < 1.29 is 28.3 Å². The Morgan fingerprint density at radius 3 is 2.19 bits per heavy atom. The van der Waals surface area contributed by atoms with Crippen molar-refractivity contribution in [2.75, 3.05) is 13.2 Å². The van der Waals surface area contributed by atoms with Crippen LogP contribution in [-0.4, -0.2) is 41.6 Å². The number of amides is 2. The highest BCUT2D eigenvalue weighted by Gasteiger charge is 2.61. The van der Waals surface area contributed by atoms with Gasteiger partial charge in [-0.25, -0.2) is 4.39 Å². The Morgan fingerprint density at radius 1 is 1.04 bits per heavy atom. The molecule has 0 unspecified atom stereocenters. The third-order valence-corrected chi connectivity index (χ3v) is 5.84. The van der Waals surface area contributed by atoms with Gasteiger partial charge in [0.05, 0.1) is 11.8 Å². The molecular formula is C19H18FNO5. The topological polar surface area (TPSA) is 80.8 Å². The molecule has 26 heavy (non-hydrogen) atoms. The molecule has 1 heterocycles. The Kier molecular flexibility index (Phi) is 4.09. The lowest BCUT2D eigenvalue weighted by Crippen LogP contribution is -2.38.